The second-order valence-electron chi connectivity index (χ2n) is 5.08. The van der Waals surface area contributed by atoms with Crippen LogP contribution >= 0.6 is 0 Å². The van der Waals surface area contributed by atoms with Gasteiger partial charge in [0.05, 0.1) is 6.61 Å². The zero-order valence-electron chi connectivity index (χ0n) is 12.7. The number of nitrogens with zero attached hydrogens (tertiary/aromatic N) is 2. The number of aliphatic hydroxyl groups is 1. The number of hydrogen-bond donors (Lipinski definition) is 1. The Morgan fingerprint density at radius 2 is 1.90 bits per heavy atom. The monoisotopic (exact) mass is 318 g/mol. The van der Waals surface area contributed by atoms with Crippen molar-refractivity contribution in [2.45, 2.75) is 24.8 Å². The maximum atomic E-state index is 13.9. The number of rotatable bonds is 8. The van der Waals surface area contributed by atoms with Crippen molar-refractivity contribution < 1.29 is 17.9 Å². The molecule has 0 fully saturated rings. The van der Waals surface area contributed by atoms with Gasteiger partial charge in [0.15, 0.2) is 0 Å². The van der Waals surface area contributed by atoms with Crippen LogP contribution < -0.4 is 0 Å². The number of sulfonamides is 1. The van der Waals surface area contributed by atoms with E-state index in [-0.39, 0.29) is 18.0 Å². The molecule has 0 aromatic heterocycles. The second kappa shape index (κ2) is 7.84. The third kappa shape index (κ3) is 4.74. The van der Waals surface area contributed by atoms with E-state index in [9.17, 15) is 12.8 Å². The Labute approximate surface area is 126 Å². The summed E-state index contributed by atoms with van der Waals surface area (Å²) < 4.78 is 40.2. The summed E-state index contributed by atoms with van der Waals surface area (Å²) in [6.07, 6.45) is 0.668. The molecule has 0 saturated carbocycles. The van der Waals surface area contributed by atoms with Crippen LogP contribution in [0.1, 0.15) is 18.9 Å². The highest BCUT2D eigenvalue weighted by Crippen LogP contribution is 2.21. The number of benzene rings is 1. The fourth-order valence-electron chi connectivity index (χ4n) is 1.99. The summed E-state index contributed by atoms with van der Waals surface area (Å²) in [6, 6.07) is 3.64. The van der Waals surface area contributed by atoms with E-state index in [0.717, 1.165) is 12.6 Å². The van der Waals surface area contributed by atoms with E-state index >= 15 is 0 Å². The largest absolute Gasteiger partial charge is 0.392 e. The van der Waals surface area contributed by atoms with E-state index in [4.69, 9.17) is 5.11 Å². The molecule has 0 aliphatic heterocycles. The number of hydrogen-bond acceptors (Lipinski definition) is 4. The van der Waals surface area contributed by atoms with E-state index in [1.54, 1.807) is 6.92 Å². The molecule has 1 rings (SSSR count). The molecule has 5 nitrogen and oxygen atoms in total. The second-order valence-corrected chi connectivity index (χ2v) is 6.98. The Morgan fingerprint density at radius 1 is 1.24 bits per heavy atom. The van der Waals surface area contributed by atoms with Crippen molar-refractivity contribution in [2.75, 3.05) is 33.7 Å². The van der Waals surface area contributed by atoms with Crippen LogP contribution in [0.15, 0.2) is 23.1 Å². The SMILES string of the molecule is CCN(CCCN(C)C)S(=O)(=O)c1cc(CO)ccc1F. The van der Waals surface area contributed by atoms with Crippen molar-refractivity contribution in [1.29, 1.82) is 0 Å². The summed E-state index contributed by atoms with van der Waals surface area (Å²) in [5.74, 6) is -0.793. The molecule has 0 radical (unpaired) electrons. The van der Waals surface area contributed by atoms with Gasteiger partial charge in [0, 0.05) is 13.1 Å². The fourth-order valence-corrected chi connectivity index (χ4v) is 3.60. The molecule has 7 heteroatoms. The lowest BCUT2D eigenvalue weighted by Gasteiger charge is -2.22. The third-order valence-corrected chi connectivity index (χ3v) is 5.15. The molecule has 1 N–H and O–H groups in total. The van der Waals surface area contributed by atoms with Gasteiger partial charge < -0.3 is 10.0 Å². The molecule has 1 aromatic rings. The molecule has 21 heavy (non-hydrogen) atoms. The highest BCUT2D eigenvalue weighted by atomic mass is 32.2. The summed E-state index contributed by atoms with van der Waals surface area (Å²) >= 11 is 0. The molecule has 1 aromatic carbocycles. The van der Waals surface area contributed by atoms with Crippen molar-refractivity contribution in [2.24, 2.45) is 0 Å². The number of aliphatic hydroxyl groups excluding tert-OH is 1. The van der Waals surface area contributed by atoms with Crippen LogP contribution in [0.4, 0.5) is 4.39 Å². The Hall–Kier alpha value is -1.02. The van der Waals surface area contributed by atoms with Crippen LogP contribution in [0.3, 0.4) is 0 Å². The lowest BCUT2D eigenvalue weighted by atomic mass is 10.2. The first-order valence-corrected chi connectivity index (χ1v) is 8.31. The van der Waals surface area contributed by atoms with Crippen molar-refractivity contribution in [3.05, 3.63) is 29.6 Å². The Morgan fingerprint density at radius 3 is 2.43 bits per heavy atom. The molecular formula is C14H23FN2O3S. The van der Waals surface area contributed by atoms with Gasteiger partial charge in [-0.25, -0.2) is 12.8 Å². The summed E-state index contributed by atoms with van der Waals surface area (Å²) in [6.45, 7) is 2.76. The van der Waals surface area contributed by atoms with Gasteiger partial charge in [-0.1, -0.05) is 13.0 Å². The lowest BCUT2D eigenvalue weighted by Crippen LogP contribution is -2.33. The van der Waals surface area contributed by atoms with Gasteiger partial charge in [0.2, 0.25) is 10.0 Å². The van der Waals surface area contributed by atoms with E-state index in [1.165, 1.54) is 16.4 Å². The van der Waals surface area contributed by atoms with E-state index < -0.39 is 15.8 Å². The average Bonchev–Trinajstić information content (AvgIpc) is 2.43. The van der Waals surface area contributed by atoms with Crippen LogP contribution in [0.25, 0.3) is 0 Å². The van der Waals surface area contributed by atoms with Crippen molar-refractivity contribution in [1.82, 2.24) is 9.21 Å². The maximum Gasteiger partial charge on any atom is 0.245 e. The number of halogens is 1. The minimum absolute atomic E-state index is 0.276. The minimum Gasteiger partial charge on any atom is -0.392 e. The summed E-state index contributed by atoms with van der Waals surface area (Å²) in [5.41, 5.74) is 0.374. The Bertz CT molecular complexity index is 561. The smallest absolute Gasteiger partial charge is 0.245 e. The van der Waals surface area contributed by atoms with Crippen LogP contribution in [0.5, 0.6) is 0 Å². The molecule has 0 spiro atoms. The summed E-state index contributed by atoms with van der Waals surface area (Å²) in [7, 11) is -0.0599. The predicted octanol–water partition coefficient (Wildman–Crippen LogP) is 1.28. The molecule has 0 unspecified atom stereocenters. The first-order valence-electron chi connectivity index (χ1n) is 6.87. The molecular weight excluding hydrogens is 295 g/mol. The Kier molecular flexibility index (Phi) is 6.73. The minimum atomic E-state index is -3.88. The van der Waals surface area contributed by atoms with Gasteiger partial charge in [-0.3, -0.25) is 0 Å². The zero-order valence-corrected chi connectivity index (χ0v) is 13.5. The molecule has 0 atom stereocenters. The van der Waals surface area contributed by atoms with Gasteiger partial charge in [0.1, 0.15) is 10.7 Å². The quantitative estimate of drug-likeness (QED) is 0.784. The maximum absolute atomic E-state index is 13.9. The topological polar surface area (TPSA) is 60.9 Å². The first-order chi connectivity index (χ1) is 9.82. The normalized spacial score (nSPS) is 12.3. The highest BCUT2D eigenvalue weighted by molar-refractivity contribution is 7.89. The van der Waals surface area contributed by atoms with Crippen molar-refractivity contribution in [3.63, 3.8) is 0 Å². The van der Waals surface area contributed by atoms with Gasteiger partial charge in [-0.05, 0) is 44.8 Å². The van der Waals surface area contributed by atoms with Crippen LogP contribution in [-0.4, -0.2) is 56.5 Å². The molecule has 0 bridgehead atoms. The van der Waals surface area contributed by atoms with Crippen molar-refractivity contribution >= 4 is 10.0 Å². The molecule has 0 saturated heterocycles. The third-order valence-electron chi connectivity index (χ3n) is 3.16. The van der Waals surface area contributed by atoms with Gasteiger partial charge in [-0.15, -0.1) is 0 Å². The molecule has 0 aliphatic carbocycles. The Balaban J connectivity index is 3.01. The van der Waals surface area contributed by atoms with Gasteiger partial charge in [-0.2, -0.15) is 4.31 Å². The molecule has 0 heterocycles. The van der Waals surface area contributed by atoms with E-state index in [1.807, 2.05) is 19.0 Å². The zero-order chi connectivity index (χ0) is 16.0. The van der Waals surface area contributed by atoms with Crippen LogP contribution in [-0.2, 0) is 16.6 Å². The van der Waals surface area contributed by atoms with Crippen molar-refractivity contribution in [3.8, 4) is 0 Å². The summed E-state index contributed by atoms with van der Waals surface area (Å²) in [5, 5.41) is 9.08. The molecule has 120 valence electrons. The fraction of sp³-hybridized carbons (Fsp3) is 0.571. The standard InChI is InChI=1S/C14H23FN2O3S/c1-4-17(9-5-8-16(2)3)21(19,20)14-10-12(11-18)6-7-13(14)15/h6-7,10,18H,4-5,8-9,11H2,1-3H3. The average molecular weight is 318 g/mol. The highest BCUT2D eigenvalue weighted by Gasteiger charge is 2.26. The molecule has 0 aliphatic rings. The summed E-state index contributed by atoms with van der Waals surface area (Å²) in [4.78, 5) is 1.59. The van der Waals surface area contributed by atoms with E-state index in [2.05, 4.69) is 0 Å². The predicted molar refractivity (Wildman–Crippen MR) is 79.9 cm³/mol. The van der Waals surface area contributed by atoms with Crippen LogP contribution in [0, 0.1) is 5.82 Å². The van der Waals surface area contributed by atoms with E-state index in [0.29, 0.717) is 18.5 Å². The lowest BCUT2D eigenvalue weighted by molar-refractivity contribution is 0.281. The van der Waals surface area contributed by atoms with Crippen LogP contribution in [0.2, 0.25) is 0 Å². The van der Waals surface area contributed by atoms with Gasteiger partial charge >= 0.3 is 0 Å². The first kappa shape index (κ1) is 18.0. The van der Waals surface area contributed by atoms with Gasteiger partial charge in [0.25, 0.3) is 0 Å². The molecule has 0 amide bonds.